The molecule has 0 radical (unpaired) electrons. The predicted octanol–water partition coefficient (Wildman–Crippen LogP) is 0.340. The number of hydrogen-bond acceptors (Lipinski definition) is 6. The molecule has 1 aliphatic rings. The van der Waals surface area contributed by atoms with Crippen LogP contribution in [0.25, 0.3) is 0 Å². The SMILES string of the molecule is CC(C)(C)NCC(O)COc1ccc(O)c2c1CC(O)C(O)C2. The summed E-state index contributed by atoms with van der Waals surface area (Å²) in [4.78, 5) is 0. The number of aliphatic hydroxyl groups excluding tert-OH is 3. The molecule has 3 unspecified atom stereocenters. The molecule has 0 heterocycles. The van der Waals surface area contributed by atoms with Gasteiger partial charge in [-0.3, -0.25) is 0 Å². The third-order valence-corrected chi connectivity index (χ3v) is 3.93. The second-order valence-corrected chi connectivity index (χ2v) is 7.18. The largest absolute Gasteiger partial charge is 0.508 e. The van der Waals surface area contributed by atoms with Gasteiger partial charge in [-0.15, -0.1) is 0 Å². The highest BCUT2D eigenvalue weighted by Gasteiger charge is 2.29. The van der Waals surface area contributed by atoms with E-state index in [4.69, 9.17) is 4.74 Å². The number of phenolic OH excluding ortho intramolecular Hbond substituents is 1. The van der Waals surface area contributed by atoms with E-state index in [1.807, 2.05) is 20.8 Å². The molecule has 0 bridgehead atoms. The molecule has 2 rings (SSSR count). The Labute approximate surface area is 136 Å². The number of rotatable bonds is 5. The molecule has 0 amide bonds. The van der Waals surface area contributed by atoms with Gasteiger partial charge in [0.2, 0.25) is 0 Å². The lowest BCUT2D eigenvalue weighted by atomic mass is 9.86. The van der Waals surface area contributed by atoms with Crippen LogP contribution in [-0.2, 0) is 12.8 Å². The average Bonchev–Trinajstić information content (AvgIpc) is 2.46. The topological polar surface area (TPSA) is 102 Å². The zero-order valence-electron chi connectivity index (χ0n) is 13.9. The third kappa shape index (κ3) is 4.81. The molecule has 6 heteroatoms. The van der Waals surface area contributed by atoms with E-state index in [1.165, 1.54) is 6.07 Å². The van der Waals surface area contributed by atoms with Crippen molar-refractivity contribution in [3.05, 3.63) is 23.3 Å². The van der Waals surface area contributed by atoms with Crippen LogP contribution in [-0.4, -0.2) is 57.4 Å². The minimum atomic E-state index is -0.884. The van der Waals surface area contributed by atoms with Crippen LogP contribution in [0.5, 0.6) is 11.5 Å². The molecule has 0 saturated carbocycles. The zero-order chi connectivity index (χ0) is 17.2. The van der Waals surface area contributed by atoms with Crippen LogP contribution in [0, 0.1) is 0 Å². The highest BCUT2D eigenvalue weighted by Crippen LogP contribution is 2.35. The number of β-amino-alcohol motifs (C(OH)–C–C–N with tert-alkyl or cyclic N) is 1. The van der Waals surface area contributed by atoms with Gasteiger partial charge in [0.05, 0.1) is 12.2 Å². The number of phenols is 1. The number of nitrogens with one attached hydrogen (secondary N) is 1. The summed E-state index contributed by atoms with van der Waals surface area (Å²) < 4.78 is 5.68. The van der Waals surface area contributed by atoms with E-state index < -0.39 is 18.3 Å². The van der Waals surface area contributed by atoms with Crippen molar-refractivity contribution >= 4 is 0 Å². The normalized spacial score (nSPS) is 22.5. The van der Waals surface area contributed by atoms with Gasteiger partial charge in [0, 0.05) is 36.1 Å². The maximum absolute atomic E-state index is 10.0. The van der Waals surface area contributed by atoms with Crippen molar-refractivity contribution in [3.63, 3.8) is 0 Å². The van der Waals surface area contributed by atoms with Crippen LogP contribution in [0.15, 0.2) is 12.1 Å². The molecular weight excluding hydrogens is 298 g/mol. The van der Waals surface area contributed by atoms with E-state index in [1.54, 1.807) is 6.07 Å². The van der Waals surface area contributed by atoms with Gasteiger partial charge in [0.1, 0.15) is 24.2 Å². The highest BCUT2D eigenvalue weighted by atomic mass is 16.5. The molecule has 6 nitrogen and oxygen atoms in total. The predicted molar refractivity (Wildman–Crippen MR) is 86.8 cm³/mol. The monoisotopic (exact) mass is 325 g/mol. The first kappa shape index (κ1) is 18.0. The quantitative estimate of drug-likeness (QED) is 0.535. The molecule has 23 heavy (non-hydrogen) atoms. The molecule has 0 aromatic heterocycles. The summed E-state index contributed by atoms with van der Waals surface area (Å²) >= 11 is 0. The Kier molecular flexibility index (Phi) is 5.52. The van der Waals surface area contributed by atoms with E-state index in [2.05, 4.69) is 5.32 Å². The van der Waals surface area contributed by atoms with Gasteiger partial charge >= 0.3 is 0 Å². The van der Waals surface area contributed by atoms with E-state index in [-0.39, 0.29) is 30.7 Å². The molecule has 0 fully saturated rings. The summed E-state index contributed by atoms with van der Waals surface area (Å²) in [5.41, 5.74) is 1.21. The Morgan fingerprint density at radius 1 is 1.17 bits per heavy atom. The van der Waals surface area contributed by atoms with Gasteiger partial charge in [-0.1, -0.05) is 0 Å². The van der Waals surface area contributed by atoms with Crippen molar-refractivity contribution < 1.29 is 25.2 Å². The number of benzene rings is 1. The smallest absolute Gasteiger partial charge is 0.123 e. The van der Waals surface area contributed by atoms with Gasteiger partial charge in [0.25, 0.3) is 0 Å². The lowest BCUT2D eigenvalue weighted by Gasteiger charge is -2.28. The van der Waals surface area contributed by atoms with Crippen LogP contribution in [0.1, 0.15) is 31.9 Å². The fourth-order valence-corrected chi connectivity index (χ4v) is 2.61. The van der Waals surface area contributed by atoms with Crippen LogP contribution >= 0.6 is 0 Å². The molecule has 1 aromatic carbocycles. The Morgan fingerprint density at radius 2 is 1.78 bits per heavy atom. The van der Waals surface area contributed by atoms with Crippen LogP contribution in [0.4, 0.5) is 0 Å². The minimum absolute atomic E-state index is 0.0844. The first-order valence-electron chi connectivity index (χ1n) is 7.93. The van der Waals surface area contributed by atoms with Gasteiger partial charge in [-0.25, -0.2) is 0 Å². The van der Waals surface area contributed by atoms with E-state index in [9.17, 15) is 20.4 Å². The number of hydrogen-bond donors (Lipinski definition) is 5. The van der Waals surface area contributed by atoms with Crippen LogP contribution in [0.2, 0.25) is 0 Å². The molecule has 5 N–H and O–H groups in total. The molecule has 1 aromatic rings. The number of fused-ring (bicyclic) bond motifs is 1. The second-order valence-electron chi connectivity index (χ2n) is 7.18. The lowest BCUT2D eigenvalue weighted by molar-refractivity contribution is 0.0127. The maximum Gasteiger partial charge on any atom is 0.123 e. The fraction of sp³-hybridized carbons (Fsp3) is 0.647. The van der Waals surface area contributed by atoms with Crippen molar-refractivity contribution in [2.24, 2.45) is 0 Å². The molecule has 3 atom stereocenters. The molecule has 0 aliphatic heterocycles. The molecule has 1 aliphatic carbocycles. The van der Waals surface area contributed by atoms with Gasteiger partial charge in [-0.05, 0) is 32.9 Å². The van der Waals surface area contributed by atoms with Crippen LogP contribution < -0.4 is 10.1 Å². The van der Waals surface area contributed by atoms with Gasteiger partial charge in [0.15, 0.2) is 0 Å². The molecule has 130 valence electrons. The van der Waals surface area contributed by atoms with Gasteiger partial charge in [-0.2, -0.15) is 0 Å². The maximum atomic E-state index is 10.0. The summed E-state index contributed by atoms with van der Waals surface area (Å²) in [7, 11) is 0. The Hall–Kier alpha value is -1.34. The summed E-state index contributed by atoms with van der Waals surface area (Å²) in [5.74, 6) is 0.617. The Balaban J connectivity index is 2.03. The average molecular weight is 325 g/mol. The number of aromatic hydroxyl groups is 1. The lowest BCUT2D eigenvalue weighted by Crippen LogP contribution is -2.42. The number of ether oxygens (including phenoxy) is 1. The minimum Gasteiger partial charge on any atom is -0.508 e. The van der Waals surface area contributed by atoms with Crippen molar-refractivity contribution in [3.8, 4) is 11.5 Å². The first-order chi connectivity index (χ1) is 10.7. The standard InChI is InChI=1S/C17H27NO5/c1-17(2,3)18-8-10(19)9-23-16-5-4-13(20)11-6-14(21)15(22)7-12(11)16/h4-5,10,14-15,18-22H,6-9H2,1-3H3. The molecular formula is C17H27NO5. The second kappa shape index (κ2) is 7.05. The van der Waals surface area contributed by atoms with Crippen molar-refractivity contribution in [2.75, 3.05) is 13.2 Å². The van der Waals surface area contributed by atoms with Crippen molar-refractivity contribution in [1.29, 1.82) is 0 Å². The zero-order valence-corrected chi connectivity index (χ0v) is 13.9. The number of aliphatic hydroxyl groups is 3. The van der Waals surface area contributed by atoms with E-state index in [0.717, 1.165) is 0 Å². The summed E-state index contributed by atoms with van der Waals surface area (Å²) in [6.45, 7) is 6.57. The van der Waals surface area contributed by atoms with Crippen LogP contribution in [0.3, 0.4) is 0 Å². The highest BCUT2D eigenvalue weighted by molar-refractivity contribution is 5.50. The van der Waals surface area contributed by atoms with Gasteiger partial charge < -0.3 is 30.5 Å². The Bertz CT molecular complexity index is 541. The van der Waals surface area contributed by atoms with E-state index >= 15 is 0 Å². The molecule has 0 spiro atoms. The van der Waals surface area contributed by atoms with Crippen molar-refractivity contribution in [1.82, 2.24) is 5.32 Å². The fourth-order valence-electron chi connectivity index (χ4n) is 2.61. The third-order valence-electron chi connectivity index (χ3n) is 3.93. The van der Waals surface area contributed by atoms with E-state index in [0.29, 0.717) is 23.4 Å². The summed E-state index contributed by atoms with van der Waals surface area (Å²) in [6, 6.07) is 3.14. The Morgan fingerprint density at radius 3 is 2.39 bits per heavy atom. The first-order valence-corrected chi connectivity index (χ1v) is 7.93. The summed E-state index contributed by atoms with van der Waals surface area (Å²) in [6.07, 6.45) is -2.02. The summed E-state index contributed by atoms with van der Waals surface area (Å²) in [5, 5.41) is 42.7. The molecule has 0 saturated heterocycles. The van der Waals surface area contributed by atoms with Crippen molar-refractivity contribution in [2.45, 2.75) is 57.5 Å².